The zero-order valence-corrected chi connectivity index (χ0v) is 12.4. The maximum atomic E-state index is 12.0. The Kier molecular flexibility index (Phi) is 3.74. The Morgan fingerprint density at radius 1 is 1.18 bits per heavy atom. The Balaban J connectivity index is 1.83. The molecule has 6 heteroatoms. The smallest absolute Gasteiger partial charge is 0.390 e. The van der Waals surface area contributed by atoms with Gasteiger partial charge in [-0.2, -0.15) is 0 Å². The minimum absolute atomic E-state index is 0.248. The van der Waals surface area contributed by atoms with Crippen molar-refractivity contribution in [3.63, 3.8) is 0 Å². The SMILES string of the molecule is CC(C)n1ccc2c(OC(=O)Nc3ccccc3)ncnc21. The van der Waals surface area contributed by atoms with Crippen LogP contribution in [0.1, 0.15) is 19.9 Å². The number of nitrogens with zero attached hydrogens (tertiary/aromatic N) is 3. The molecule has 2 aromatic heterocycles. The van der Waals surface area contributed by atoms with Gasteiger partial charge in [-0.3, -0.25) is 5.32 Å². The van der Waals surface area contributed by atoms with Crippen molar-refractivity contribution in [1.82, 2.24) is 14.5 Å². The Morgan fingerprint density at radius 3 is 2.68 bits per heavy atom. The molecule has 0 radical (unpaired) electrons. The van der Waals surface area contributed by atoms with Crippen molar-refractivity contribution in [2.45, 2.75) is 19.9 Å². The maximum Gasteiger partial charge on any atom is 0.418 e. The lowest BCUT2D eigenvalue weighted by molar-refractivity contribution is 0.214. The van der Waals surface area contributed by atoms with Crippen molar-refractivity contribution < 1.29 is 9.53 Å². The van der Waals surface area contributed by atoms with E-state index in [0.29, 0.717) is 11.1 Å². The van der Waals surface area contributed by atoms with Gasteiger partial charge in [0.2, 0.25) is 5.88 Å². The van der Waals surface area contributed by atoms with Crippen LogP contribution in [0, 0.1) is 0 Å². The highest BCUT2D eigenvalue weighted by atomic mass is 16.6. The molecule has 0 saturated heterocycles. The lowest BCUT2D eigenvalue weighted by Crippen LogP contribution is -2.17. The summed E-state index contributed by atoms with van der Waals surface area (Å²) in [5, 5.41) is 3.36. The number of hydrogen-bond donors (Lipinski definition) is 1. The highest BCUT2D eigenvalue weighted by Crippen LogP contribution is 2.25. The molecular weight excluding hydrogens is 280 g/mol. The number of hydrogen-bond acceptors (Lipinski definition) is 4. The quantitative estimate of drug-likeness (QED) is 0.801. The van der Waals surface area contributed by atoms with E-state index in [9.17, 15) is 4.79 Å². The number of carbonyl (C=O) groups is 1. The third kappa shape index (κ3) is 2.76. The van der Waals surface area contributed by atoms with Crippen molar-refractivity contribution >= 4 is 22.8 Å². The summed E-state index contributed by atoms with van der Waals surface area (Å²) in [4.78, 5) is 20.3. The number of rotatable bonds is 3. The summed E-state index contributed by atoms with van der Waals surface area (Å²) >= 11 is 0. The minimum Gasteiger partial charge on any atom is -0.390 e. The Labute approximate surface area is 127 Å². The normalized spacial score (nSPS) is 10.9. The van der Waals surface area contributed by atoms with Crippen LogP contribution in [0.4, 0.5) is 10.5 Å². The summed E-state index contributed by atoms with van der Waals surface area (Å²) in [5.74, 6) is 0.248. The molecular formula is C16H16N4O2. The van der Waals surface area contributed by atoms with Crippen LogP contribution in [0.15, 0.2) is 48.9 Å². The molecule has 0 aliphatic carbocycles. The van der Waals surface area contributed by atoms with Gasteiger partial charge in [0.1, 0.15) is 12.0 Å². The van der Waals surface area contributed by atoms with Gasteiger partial charge >= 0.3 is 6.09 Å². The molecule has 0 unspecified atom stereocenters. The number of fused-ring (bicyclic) bond motifs is 1. The fourth-order valence-corrected chi connectivity index (χ4v) is 2.20. The summed E-state index contributed by atoms with van der Waals surface area (Å²) in [6.45, 7) is 4.12. The number of ether oxygens (including phenoxy) is 1. The van der Waals surface area contributed by atoms with E-state index in [4.69, 9.17) is 4.74 Å². The van der Waals surface area contributed by atoms with E-state index in [-0.39, 0.29) is 11.9 Å². The monoisotopic (exact) mass is 296 g/mol. The number of anilines is 1. The van der Waals surface area contributed by atoms with Gasteiger partial charge in [-0.05, 0) is 32.0 Å². The van der Waals surface area contributed by atoms with Gasteiger partial charge in [0.15, 0.2) is 0 Å². The fraction of sp³-hybridized carbons (Fsp3) is 0.188. The van der Waals surface area contributed by atoms with Crippen molar-refractivity contribution in [3.05, 3.63) is 48.9 Å². The van der Waals surface area contributed by atoms with E-state index in [1.807, 2.05) is 35.0 Å². The highest BCUT2D eigenvalue weighted by molar-refractivity contribution is 5.89. The first kappa shape index (κ1) is 14.1. The van der Waals surface area contributed by atoms with Crippen LogP contribution < -0.4 is 10.1 Å². The Morgan fingerprint density at radius 2 is 1.95 bits per heavy atom. The third-order valence-electron chi connectivity index (χ3n) is 3.24. The average Bonchev–Trinajstić information content (AvgIpc) is 2.93. The highest BCUT2D eigenvalue weighted by Gasteiger charge is 2.14. The van der Waals surface area contributed by atoms with E-state index < -0.39 is 6.09 Å². The number of nitrogens with one attached hydrogen (secondary N) is 1. The molecule has 1 N–H and O–H groups in total. The molecule has 1 aromatic carbocycles. The van der Waals surface area contributed by atoms with Crippen LogP contribution in [0.25, 0.3) is 11.0 Å². The third-order valence-corrected chi connectivity index (χ3v) is 3.24. The molecule has 2 heterocycles. The summed E-state index contributed by atoms with van der Waals surface area (Å²) < 4.78 is 7.31. The average molecular weight is 296 g/mol. The Bertz CT molecular complexity index is 796. The van der Waals surface area contributed by atoms with Crippen molar-refractivity contribution in [2.75, 3.05) is 5.32 Å². The Hall–Kier alpha value is -2.89. The lowest BCUT2D eigenvalue weighted by Gasteiger charge is -2.09. The number of amides is 1. The zero-order chi connectivity index (χ0) is 15.5. The van der Waals surface area contributed by atoms with Crippen molar-refractivity contribution in [2.24, 2.45) is 0 Å². The predicted octanol–water partition coefficient (Wildman–Crippen LogP) is 3.62. The van der Waals surface area contributed by atoms with E-state index >= 15 is 0 Å². The number of benzene rings is 1. The summed E-state index contributed by atoms with van der Waals surface area (Å²) in [7, 11) is 0. The number of carbonyl (C=O) groups excluding carboxylic acids is 1. The maximum absolute atomic E-state index is 12.0. The van der Waals surface area contributed by atoms with Gasteiger partial charge in [0, 0.05) is 17.9 Å². The topological polar surface area (TPSA) is 69.0 Å². The first-order chi connectivity index (χ1) is 10.6. The van der Waals surface area contributed by atoms with E-state index in [1.54, 1.807) is 12.1 Å². The van der Waals surface area contributed by atoms with Gasteiger partial charge in [0.25, 0.3) is 0 Å². The van der Waals surface area contributed by atoms with Crippen LogP contribution in [0.2, 0.25) is 0 Å². The second-order valence-corrected chi connectivity index (χ2v) is 5.11. The van der Waals surface area contributed by atoms with Crippen LogP contribution in [0.5, 0.6) is 5.88 Å². The number of aromatic nitrogens is 3. The molecule has 6 nitrogen and oxygen atoms in total. The molecule has 0 atom stereocenters. The van der Waals surface area contributed by atoms with E-state index in [2.05, 4.69) is 29.1 Å². The van der Waals surface area contributed by atoms with Gasteiger partial charge in [-0.15, -0.1) is 0 Å². The second-order valence-electron chi connectivity index (χ2n) is 5.11. The first-order valence-electron chi connectivity index (χ1n) is 7.00. The van der Waals surface area contributed by atoms with Gasteiger partial charge in [-0.25, -0.2) is 14.8 Å². The predicted molar refractivity (Wildman–Crippen MR) is 84.0 cm³/mol. The largest absolute Gasteiger partial charge is 0.418 e. The van der Waals surface area contributed by atoms with E-state index in [0.717, 1.165) is 5.65 Å². The standard InChI is InChI=1S/C16H16N4O2/c1-11(2)20-9-8-13-14(20)17-10-18-15(13)22-16(21)19-12-6-4-3-5-7-12/h3-11H,1-2H3,(H,19,21). The van der Waals surface area contributed by atoms with Crippen LogP contribution in [-0.2, 0) is 0 Å². The molecule has 0 saturated carbocycles. The molecule has 3 aromatic rings. The van der Waals surface area contributed by atoms with E-state index in [1.165, 1.54) is 6.33 Å². The molecule has 0 aliphatic heterocycles. The molecule has 0 aliphatic rings. The first-order valence-corrected chi connectivity index (χ1v) is 7.00. The number of para-hydroxylation sites is 1. The summed E-state index contributed by atoms with van der Waals surface area (Å²) in [6, 6.07) is 11.2. The van der Waals surface area contributed by atoms with Crippen molar-refractivity contribution in [1.29, 1.82) is 0 Å². The fourth-order valence-electron chi connectivity index (χ4n) is 2.20. The molecule has 1 amide bonds. The summed E-state index contributed by atoms with van der Waals surface area (Å²) in [6.07, 6.45) is 2.72. The molecule has 112 valence electrons. The summed E-state index contributed by atoms with van der Waals surface area (Å²) in [5.41, 5.74) is 1.41. The van der Waals surface area contributed by atoms with Crippen LogP contribution in [-0.4, -0.2) is 20.6 Å². The zero-order valence-electron chi connectivity index (χ0n) is 12.4. The lowest BCUT2D eigenvalue weighted by atomic mass is 10.3. The molecule has 22 heavy (non-hydrogen) atoms. The van der Waals surface area contributed by atoms with Crippen LogP contribution >= 0.6 is 0 Å². The van der Waals surface area contributed by atoms with Gasteiger partial charge in [0.05, 0.1) is 5.39 Å². The molecule has 0 spiro atoms. The molecule has 0 fully saturated rings. The molecule has 0 bridgehead atoms. The second kappa shape index (κ2) is 5.85. The van der Waals surface area contributed by atoms with Crippen molar-refractivity contribution in [3.8, 4) is 5.88 Å². The van der Waals surface area contributed by atoms with Gasteiger partial charge < -0.3 is 9.30 Å². The molecule has 3 rings (SSSR count). The van der Waals surface area contributed by atoms with Crippen LogP contribution in [0.3, 0.4) is 0 Å². The minimum atomic E-state index is -0.580. The van der Waals surface area contributed by atoms with Gasteiger partial charge in [-0.1, -0.05) is 18.2 Å².